The molecule has 0 N–H and O–H groups in total. The van der Waals surface area contributed by atoms with Gasteiger partial charge in [0.05, 0.1) is 0 Å². The average Bonchev–Trinajstić information content (AvgIpc) is 2.19. The second-order valence-corrected chi connectivity index (χ2v) is 6.13. The van der Waals surface area contributed by atoms with Crippen molar-refractivity contribution in [2.45, 2.75) is 37.2 Å². The first-order valence-corrected chi connectivity index (χ1v) is 6.93. The Bertz CT molecular complexity index is 223. The molecule has 0 spiro atoms. The van der Waals surface area contributed by atoms with Gasteiger partial charge in [-0.15, -0.1) is 21.0 Å². The van der Waals surface area contributed by atoms with Gasteiger partial charge in [0, 0.05) is 0 Å². The van der Waals surface area contributed by atoms with Crippen LogP contribution < -0.4 is 3.69 Å². The van der Waals surface area contributed by atoms with Gasteiger partial charge in [-0.25, -0.2) is 0 Å². The molecule has 1 unspecified atom stereocenters. The molecule has 0 fully saturated rings. The fraction of sp³-hybridized carbons (Fsp3) is 0.500. The molecule has 0 bridgehead atoms. The van der Waals surface area contributed by atoms with Gasteiger partial charge in [0.2, 0.25) is 0 Å². The van der Waals surface area contributed by atoms with Crippen molar-refractivity contribution in [1.82, 2.24) is 0 Å². The highest BCUT2D eigenvalue weighted by Gasteiger charge is 2.10. The molecule has 0 saturated heterocycles. The van der Waals surface area contributed by atoms with Gasteiger partial charge < -0.3 is 0 Å². The van der Waals surface area contributed by atoms with E-state index in [9.17, 15) is 0 Å². The fourth-order valence-corrected chi connectivity index (χ4v) is 3.92. The normalized spacial score (nSPS) is 11.3. The molecule has 1 aromatic rings. The second kappa shape index (κ2) is 8.75. The molecule has 1 aromatic carbocycles. The first-order valence-electron chi connectivity index (χ1n) is 5.40. The lowest BCUT2D eigenvalue weighted by atomic mass is 10.2. The van der Waals surface area contributed by atoms with Crippen molar-refractivity contribution in [3.05, 3.63) is 30.3 Å². The molecule has 0 aliphatic heterocycles. The molecule has 1 atom stereocenters. The molecule has 0 aromatic heterocycles. The number of halogens is 1. The zero-order valence-electron chi connectivity index (χ0n) is 9.20. The van der Waals surface area contributed by atoms with Crippen LogP contribution >= 0.6 is 17.0 Å². The number of hydrogen-bond donors (Lipinski definition) is 0. The van der Waals surface area contributed by atoms with Crippen LogP contribution in [0.5, 0.6) is 0 Å². The van der Waals surface area contributed by atoms with E-state index in [0.717, 1.165) is 4.05 Å². The van der Waals surface area contributed by atoms with Crippen molar-refractivity contribution < 1.29 is 0 Å². The SMILES string of the molecule is Br.CCC[CH](CC)[Mg][c]1ccccc1. The highest BCUT2D eigenvalue weighted by atomic mass is 79.9. The second-order valence-electron chi connectivity index (χ2n) is 3.75. The van der Waals surface area contributed by atoms with E-state index in [1.165, 1.54) is 19.3 Å². The maximum atomic E-state index is 2.33. The van der Waals surface area contributed by atoms with E-state index in [0.29, 0.717) is 0 Å². The minimum absolute atomic E-state index is 0. The maximum Gasteiger partial charge on any atom is 0.412 e. The zero-order chi connectivity index (χ0) is 9.52. The summed E-state index contributed by atoms with van der Waals surface area (Å²) in [5.41, 5.74) is 0. The topological polar surface area (TPSA) is 0 Å². The summed E-state index contributed by atoms with van der Waals surface area (Å²) in [7, 11) is 0. The van der Waals surface area contributed by atoms with Crippen molar-refractivity contribution in [3.8, 4) is 0 Å². The Hall–Kier alpha value is 0.466. The predicted octanol–water partition coefficient (Wildman–Crippen LogP) is 3.59. The zero-order valence-corrected chi connectivity index (χ0v) is 12.3. The monoisotopic (exact) mass is 266 g/mol. The summed E-state index contributed by atoms with van der Waals surface area (Å²) < 4.78 is 2.65. The van der Waals surface area contributed by atoms with Crippen LogP contribution in [0.3, 0.4) is 0 Å². The van der Waals surface area contributed by atoms with Crippen LogP contribution in [-0.4, -0.2) is 20.4 Å². The molecular formula is C12H19BrMg. The first kappa shape index (κ1) is 14.5. The standard InChI is InChI=1S/C6H5.C6H13.BrH.Mg/c1-2-4-6-5-3-1;1-3-5-6-4-2;;/h1-5H;5H,3-4,6H2,1-2H3;1H;. The van der Waals surface area contributed by atoms with Gasteiger partial charge in [-0.2, -0.15) is 3.69 Å². The Morgan fingerprint density at radius 1 is 1.14 bits per heavy atom. The minimum Gasteiger partial charge on any atom is -0.173 e. The Morgan fingerprint density at radius 2 is 1.79 bits per heavy atom. The molecule has 2 heteroatoms. The van der Waals surface area contributed by atoms with Crippen LogP contribution in [0.4, 0.5) is 0 Å². The van der Waals surface area contributed by atoms with E-state index in [1.807, 2.05) is 0 Å². The molecule has 0 amide bonds. The lowest BCUT2D eigenvalue weighted by Gasteiger charge is -2.11. The van der Waals surface area contributed by atoms with Gasteiger partial charge >= 0.3 is 20.4 Å². The molecule has 0 nitrogen and oxygen atoms in total. The van der Waals surface area contributed by atoms with Crippen LogP contribution in [0.2, 0.25) is 4.05 Å². The van der Waals surface area contributed by atoms with Gasteiger partial charge in [0.15, 0.2) is 0 Å². The van der Waals surface area contributed by atoms with Crippen molar-refractivity contribution in [2.75, 3.05) is 0 Å². The largest absolute Gasteiger partial charge is 0.412 e. The molecule has 0 aliphatic rings. The highest BCUT2D eigenvalue weighted by molar-refractivity contribution is 8.93. The molecule has 14 heavy (non-hydrogen) atoms. The third-order valence-corrected chi connectivity index (χ3v) is 5.15. The summed E-state index contributed by atoms with van der Waals surface area (Å²) >= 11 is -0.00844. The predicted molar refractivity (Wildman–Crippen MR) is 71.1 cm³/mol. The van der Waals surface area contributed by atoms with E-state index in [1.54, 1.807) is 3.69 Å². The molecule has 0 radical (unpaired) electrons. The maximum absolute atomic E-state index is 2.33. The Morgan fingerprint density at radius 3 is 2.29 bits per heavy atom. The third-order valence-electron chi connectivity index (χ3n) is 2.64. The first-order chi connectivity index (χ1) is 6.36. The molecule has 0 aliphatic carbocycles. The fourth-order valence-electron chi connectivity index (χ4n) is 1.81. The van der Waals surface area contributed by atoms with Crippen LogP contribution in [0, 0.1) is 0 Å². The van der Waals surface area contributed by atoms with E-state index in [4.69, 9.17) is 0 Å². The Kier molecular flexibility index (Phi) is 9.04. The van der Waals surface area contributed by atoms with Crippen LogP contribution in [-0.2, 0) is 0 Å². The molecule has 0 saturated carbocycles. The average molecular weight is 267 g/mol. The summed E-state index contributed by atoms with van der Waals surface area (Å²) in [5.74, 6) is 0. The number of rotatable bonds is 5. The van der Waals surface area contributed by atoms with Crippen molar-refractivity contribution in [1.29, 1.82) is 0 Å². The molecule has 76 valence electrons. The lowest BCUT2D eigenvalue weighted by Crippen LogP contribution is -2.18. The number of hydrogen-bond acceptors (Lipinski definition) is 0. The summed E-state index contributed by atoms with van der Waals surface area (Å²) in [6.45, 7) is 4.62. The van der Waals surface area contributed by atoms with Gasteiger partial charge in [-0.3, -0.25) is 0 Å². The summed E-state index contributed by atoms with van der Waals surface area (Å²) in [4.78, 5) is 0. The number of benzene rings is 1. The van der Waals surface area contributed by atoms with Crippen molar-refractivity contribution >= 4 is 41.0 Å². The Balaban J connectivity index is 0.00000169. The molecular weight excluding hydrogens is 248 g/mol. The van der Waals surface area contributed by atoms with Gasteiger partial charge in [0.1, 0.15) is 0 Å². The van der Waals surface area contributed by atoms with Crippen molar-refractivity contribution in [3.63, 3.8) is 0 Å². The summed E-state index contributed by atoms with van der Waals surface area (Å²) in [6, 6.07) is 11.0. The molecule has 1 rings (SSSR count). The lowest BCUT2D eigenvalue weighted by molar-refractivity contribution is 0.696. The Labute approximate surface area is 108 Å². The van der Waals surface area contributed by atoms with Crippen LogP contribution in [0.25, 0.3) is 0 Å². The van der Waals surface area contributed by atoms with Crippen molar-refractivity contribution in [2.24, 2.45) is 0 Å². The quantitative estimate of drug-likeness (QED) is 0.715. The minimum atomic E-state index is -0.00844. The van der Waals surface area contributed by atoms with Gasteiger partial charge in [-0.05, 0) is 0 Å². The van der Waals surface area contributed by atoms with E-state index in [-0.39, 0.29) is 37.3 Å². The van der Waals surface area contributed by atoms with Gasteiger partial charge in [0.25, 0.3) is 0 Å². The summed E-state index contributed by atoms with van der Waals surface area (Å²) in [6.07, 6.45) is 4.14. The van der Waals surface area contributed by atoms with E-state index >= 15 is 0 Å². The third kappa shape index (κ3) is 5.37. The highest BCUT2D eigenvalue weighted by Crippen LogP contribution is 2.15. The van der Waals surface area contributed by atoms with Crippen LogP contribution in [0.1, 0.15) is 33.1 Å². The van der Waals surface area contributed by atoms with Crippen LogP contribution in [0.15, 0.2) is 30.3 Å². The van der Waals surface area contributed by atoms with Gasteiger partial charge in [-0.1, -0.05) is 63.4 Å². The summed E-state index contributed by atoms with van der Waals surface area (Å²) in [5, 5.41) is 0. The smallest absolute Gasteiger partial charge is 0.173 e. The molecule has 0 heterocycles. The van der Waals surface area contributed by atoms with E-state index < -0.39 is 0 Å². The van der Waals surface area contributed by atoms with E-state index in [2.05, 4.69) is 44.2 Å².